The van der Waals surface area contributed by atoms with Gasteiger partial charge in [-0.2, -0.15) is 5.10 Å². The number of hydrogen-bond acceptors (Lipinski definition) is 6. The first kappa shape index (κ1) is 15.1. The summed E-state index contributed by atoms with van der Waals surface area (Å²) in [7, 11) is 0. The van der Waals surface area contributed by atoms with Crippen molar-refractivity contribution >= 4 is 11.8 Å². The number of nitrogens with zero attached hydrogens (tertiary/aromatic N) is 5. The van der Waals surface area contributed by atoms with E-state index in [0.29, 0.717) is 18.3 Å². The number of aryl methyl sites for hydroxylation is 1. The van der Waals surface area contributed by atoms with Crippen molar-refractivity contribution in [1.29, 1.82) is 0 Å². The SMILES string of the molecule is O=C(O)c1ccc(N2CCCn3nc([C@H](O)C4CC4)cc3C2)nn1. The van der Waals surface area contributed by atoms with Crippen LogP contribution < -0.4 is 4.90 Å². The Hall–Kier alpha value is -2.48. The van der Waals surface area contributed by atoms with Gasteiger partial charge in [0.15, 0.2) is 11.5 Å². The largest absolute Gasteiger partial charge is 0.476 e. The van der Waals surface area contributed by atoms with Crippen LogP contribution in [-0.4, -0.2) is 42.7 Å². The number of rotatable bonds is 4. The summed E-state index contributed by atoms with van der Waals surface area (Å²) >= 11 is 0. The Balaban J connectivity index is 1.55. The molecule has 0 amide bonds. The van der Waals surface area contributed by atoms with Crippen molar-refractivity contribution in [1.82, 2.24) is 20.0 Å². The highest BCUT2D eigenvalue weighted by molar-refractivity contribution is 5.85. The molecule has 2 aromatic heterocycles. The molecule has 2 N–H and O–H groups in total. The summed E-state index contributed by atoms with van der Waals surface area (Å²) in [6, 6.07) is 5.12. The second-order valence-electron chi connectivity index (χ2n) is 6.42. The first-order valence-electron chi connectivity index (χ1n) is 8.18. The lowest BCUT2D eigenvalue weighted by atomic mass is 10.1. The Morgan fingerprint density at radius 2 is 2.08 bits per heavy atom. The maximum atomic E-state index is 10.9. The molecule has 0 saturated heterocycles. The number of aliphatic hydroxyl groups is 1. The van der Waals surface area contributed by atoms with E-state index < -0.39 is 12.1 Å². The van der Waals surface area contributed by atoms with Crippen LogP contribution in [0.3, 0.4) is 0 Å². The molecular weight excluding hydrogens is 310 g/mol. The number of carboxylic acid groups (broad SMARTS) is 1. The molecule has 0 radical (unpaired) electrons. The van der Waals surface area contributed by atoms with E-state index in [2.05, 4.69) is 20.2 Å². The van der Waals surface area contributed by atoms with E-state index in [9.17, 15) is 9.90 Å². The summed E-state index contributed by atoms with van der Waals surface area (Å²) in [5.74, 6) is -0.0738. The summed E-state index contributed by atoms with van der Waals surface area (Å²) in [4.78, 5) is 12.9. The average Bonchev–Trinajstić information content (AvgIpc) is 3.38. The van der Waals surface area contributed by atoms with Gasteiger partial charge in [0.2, 0.25) is 0 Å². The Bertz CT molecular complexity index is 754. The number of fused-ring (bicyclic) bond motifs is 1. The summed E-state index contributed by atoms with van der Waals surface area (Å²) in [6.07, 6.45) is 2.57. The van der Waals surface area contributed by atoms with Crippen LogP contribution in [0, 0.1) is 5.92 Å². The zero-order valence-corrected chi connectivity index (χ0v) is 13.2. The first-order chi connectivity index (χ1) is 11.6. The summed E-state index contributed by atoms with van der Waals surface area (Å²) in [5, 5.41) is 31.5. The van der Waals surface area contributed by atoms with Gasteiger partial charge in [-0.05, 0) is 43.4 Å². The van der Waals surface area contributed by atoms with Crippen LogP contribution in [0.4, 0.5) is 5.82 Å². The van der Waals surface area contributed by atoms with Crippen LogP contribution in [0.15, 0.2) is 18.2 Å². The molecule has 24 heavy (non-hydrogen) atoms. The van der Waals surface area contributed by atoms with Crippen molar-refractivity contribution in [2.45, 2.75) is 38.5 Å². The third-order valence-corrected chi connectivity index (χ3v) is 4.60. The van der Waals surface area contributed by atoms with Crippen molar-refractivity contribution in [3.8, 4) is 0 Å². The minimum atomic E-state index is -1.08. The van der Waals surface area contributed by atoms with Gasteiger partial charge in [-0.25, -0.2) is 4.79 Å². The zero-order chi connectivity index (χ0) is 16.7. The number of aromatic nitrogens is 4. The minimum Gasteiger partial charge on any atom is -0.476 e. The average molecular weight is 329 g/mol. The molecule has 8 heteroatoms. The normalized spacial score (nSPS) is 18.8. The van der Waals surface area contributed by atoms with Gasteiger partial charge in [-0.3, -0.25) is 4.68 Å². The number of aliphatic hydroxyl groups excluding tert-OH is 1. The first-order valence-corrected chi connectivity index (χ1v) is 8.18. The van der Waals surface area contributed by atoms with Crippen LogP contribution in [0.25, 0.3) is 0 Å². The van der Waals surface area contributed by atoms with Crippen LogP contribution in [0.1, 0.15) is 47.2 Å². The van der Waals surface area contributed by atoms with E-state index in [4.69, 9.17) is 5.11 Å². The molecule has 1 atom stereocenters. The molecule has 0 bridgehead atoms. The fourth-order valence-electron chi connectivity index (χ4n) is 3.09. The highest BCUT2D eigenvalue weighted by Crippen LogP contribution is 2.40. The lowest BCUT2D eigenvalue weighted by Crippen LogP contribution is -2.24. The number of carbonyl (C=O) groups is 1. The van der Waals surface area contributed by atoms with Gasteiger partial charge in [-0.1, -0.05) is 0 Å². The third-order valence-electron chi connectivity index (χ3n) is 4.60. The van der Waals surface area contributed by atoms with E-state index in [1.807, 2.05) is 10.7 Å². The highest BCUT2D eigenvalue weighted by atomic mass is 16.4. The lowest BCUT2D eigenvalue weighted by Gasteiger charge is -2.20. The molecule has 0 unspecified atom stereocenters. The van der Waals surface area contributed by atoms with Crippen LogP contribution in [-0.2, 0) is 13.1 Å². The number of carboxylic acids is 1. The Morgan fingerprint density at radius 1 is 1.25 bits per heavy atom. The fourth-order valence-corrected chi connectivity index (χ4v) is 3.09. The summed E-state index contributed by atoms with van der Waals surface area (Å²) in [5.41, 5.74) is 1.72. The van der Waals surface area contributed by atoms with Crippen LogP contribution >= 0.6 is 0 Å². The number of aromatic carboxylic acids is 1. The molecule has 1 aliphatic carbocycles. The fraction of sp³-hybridized carbons (Fsp3) is 0.500. The third kappa shape index (κ3) is 2.84. The molecule has 4 rings (SSSR count). The monoisotopic (exact) mass is 329 g/mol. The van der Waals surface area contributed by atoms with Crippen LogP contribution in [0.5, 0.6) is 0 Å². The molecule has 3 heterocycles. The quantitative estimate of drug-likeness (QED) is 0.869. The molecule has 2 aliphatic rings. The predicted octanol–water partition coefficient (Wildman–Crippen LogP) is 1.22. The molecule has 0 aromatic carbocycles. The van der Waals surface area contributed by atoms with Crippen molar-refractivity contribution in [2.75, 3.05) is 11.4 Å². The molecule has 8 nitrogen and oxygen atoms in total. The van der Waals surface area contributed by atoms with Crippen molar-refractivity contribution in [2.24, 2.45) is 5.92 Å². The Morgan fingerprint density at radius 3 is 2.75 bits per heavy atom. The van der Waals surface area contributed by atoms with Crippen LogP contribution in [0.2, 0.25) is 0 Å². The van der Waals surface area contributed by atoms with Crippen molar-refractivity contribution in [3.05, 3.63) is 35.3 Å². The maximum absolute atomic E-state index is 10.9. The van der Waals surface area contributed by atoms with Gasteiger partial charge < -0.3 is 15.1 Å². The zero-order valence-electron chi connectivity index (χ0n) is 13.2. The van der Waals surface area contributed by atoms with Gasteiger partial charge in [0, 0.05) is 13.1 Å². The second kappa shape index (κ2) is 5.86. The van der Waals surface area contributed by atoms with E-state index in [-0.39, 0.29) is 5.69 Å². The molecule has 1 fully saturated rings. The Kier molecular flexibility index (Phi) is 3.68. The standard InChI is InChI=1S/C16H19N5O3/c22-15(10-2-3-10)13-8-11-9-20(6-1-7-21(11)19-13)14-5-4-12(16(23)24)17-18-14/h4-5,8,10,15,22H,1-3,6-7,9H2,(H,23,24)/t15-/m1/s1. The van der Waals surface area contributed by atoms with E-state index in [1.165, 1.54) is 6.07 Å². The lowest BCUT2D eigenvalue weighted by molar-refractivity contribution is 0.0689. The number of hydrogen-bond donors (Lipinski definition) is 2. The van der Waals surface area contributed by atoms with Crippen molar-refractivity contribution in [3.63, 3.8) is 0 Å². The van der Waals surface area contributed by atoms with Gasteiger partial charge >= 0.3 is 5.97 Å². The maximum Gasteiger partial charge on any atom is 0.356 e. The molecule has 2 aromatic rings. The Labute approximate surface area is 138 Å². The molecule has 126 valence electrons. The highest BCUT2D eigenvalue weighted by Gasteiger charge is 2.33. The second-order valence-corrected chi connectivity index (χ2v) is 6.42. The van der Waals surface area contributed by atoms with E-state index in [0.717, 1.165) is 43.7 Å². The van der Waals surface area contributed by atoms with Gasteiger partial charge in [0.1, 0.15) is 6.10 Å². The molecule has 1 aliphatic heterocycles. The minimum absolute atomic E-state index is 0.0616. The molecule has 0 spiro atoms. The van der Waals surface area contributed by atoms with E-state index >= 15 is 0 Å². The summed E-state index contributed by atoms with van der Waals surface area (Å²) in [6.45, 7) is 2.21. The number of anilines is 1. The smallest absolute Gasteiger partial charge is 0.356 e. The van der Waals surface area contributed by atoms with Gasteiger partial charge in [0.25, 0.3) is 0 Å². The van der Waals surface area contributed by atoms with Gasteiger partial charge in [-0.15, -0.1) is 10.2 Å². The van der Waals surface area contributed by atoms with E-state index in [1.54, 1.807) is 6.07 Å². The summed E-state index contributed by atoms with van der Waals surface area (Å²) < 4.78 is 1.96. The predicted molar refractivity (Wildman–Crippen MR) is 84.6 cm³/mol. The topological polar surface area (TPSA) is 104 Å². The molecule has 1 saturated carbocycles. The van der Waals surface area contributed by atoms with Gasteiger partial charge in [0.05, 0.1) is 17.9 Å². The van der Waals surface area contributed by atoms with Crippen molar-refractivity contribution < 1.29 is 15.0 Å². The molecular formula is C16H19N5O3.